The van der Waals surface area contributed by atoms with E-state index in [2.05, 4.69) is 36.0 Å². The Kier molecular flexibility index (Phi) is 10.4. The average Bonchev–Trinajstić information content (AvgIpc) is 3.81. The molecule has 54 heavy (non-hydrogen) atoms. The Morgan fingerprint density at radius 3 is 2.30 bits per heavy atom. The van der Waals surface area contributed by atoms with Crippen LogP contribution in [0.5, 0.6) is 11.5 Å². The highest BCUT2D eigenvalue weighted by Crippen LogP contribution is 2.42. The summed E-state index contributed by atoms with van der Waals surface area (Å²) in [6.07, 6.45) is -1.41. The van der Waals surface area contributed by atoms with Gasteiger partial charge in [-0.3, -0.25) is 4.79 Å². The quantitative estimate of drug-likeness (QED) is 0.140. The number of aromatic nitrogens is 3. The summed E-state index contributed by atoms with van der Waals surface area (Å²) in [5, 5.41) is 6.87. The van der Waals surface area contributed by atoms with E-state index in [1.165, 1.54) is 30.6 Å². The van der Waals surface area contributed by atoms with Crippen molar-refractivity contribution in [2.75, 3.05) is 54.5 Å². The first-order valence-electron chi connectivity index (χ1n) is 17.3. The lowest BCUT2D eigenvalue weighted by molar-refractivity contribution is -0.274. The summed E-state index contributed by atoms with van der Waals surface area (Å²) in [6, 6.07) is 21.8. The van der Waals surface area contributed by atoms with Gasteiger partial charge in [-0.2, -0.15) is 5.10 Å². The van der Waals surface area contributed by atoms with Gasteiger partial charge in [0.15, 0.2) is 0 Å². The van der Waals surface area contributed by atoms with E-state index >= 15 is 4.39 Å². The number of ether oxygens (including phenoxy) is 3. The molecule has 4 aromatic carbocycles. The molecular formula is C39H37F5N6O4. The van der Waals surface area contributed by atoms with Crippen LogP contribution in [0.2, 0.25) is 0 Å². The maximum absolute atomic E-state index is 15.1. The molecule has 0 bridgehead atoms. The molecule has 282 valence electrons. The number of alkyl halides is 3. The molecule has 10 nitrogen and oxygen atoms in total. The van der Waals surface area contributed by atoms with Gasteiger partial charge in [0.05, 0.1) is 19.8 Å². The Bertz CT molecular complexity index is 2060. The van der Waals surface area contributed by atoms with Crippen molar-refractivity contribution < 1.29 is 41.0 Å². The van der Waals surface area contributed by atoms with Crippen molar-refractivity contribution in [3.8, 4) is 11.5 Å². The molecule has 0 aliphatic carbocycles. The summed E-state index contributed by atoms with van der Waals surface area (Å²) in [4.78, 5) is 21.3. The van der Waals surface area contributed by atoms with E-state index in [0.29, 0.717) is 36.6 Å². The topological polar surface area (TPSA) is 94.0 Å². The number of carbonyl (C=O) groups excluding carboxylic acids is 1. The lowest BCUT2D eigenvalue weighted by Crippen LogP contribution is -2.46. The third kappa shape index (κ3) is 8.73. The highest BCUT2D eigenvalue weighted by Gasteiger charge is 2.44. The Morgan fingerprint density at radius 1 is 0.907 bits per heavy atom. The molecule has 1 amide bonds. The van der Waals surface area contributed by atoms with Crippen LogP contribution in [0.4, 0.5) is 39.0 Å². The number of aryl methyl sites for hydroxylation is 1. The fourth-order valence-electron chi connectivity index (χ4n) is 6.98. The normalized spacial score (nSPS) is 18.8. The Balaban J connectivity index is 0.929. The average molecular weight is 749 g/mol. The van der Waals surface area contributed by atoms with Crippen molar-refractivity contribution in [3.05, 3.63) is 126 Å². The summed E-state index contributed by atoms with van der Waals surface area (Å²) in [5.74, 6) is -1.43. The number of anilines is 3. The zero-order valence-corrected chi connectivity index (χ0v) is 29.2. The van der Waals surface area contributed by atoms with Crippen molar-refractivity contribution >= 4 is 23.0 Å². The van der Waals surface area contributed by atoms with Crippen LogP contribution in [0.1, 0.15) is 27.9 Å². The van der Waals surface area contributed by atoms with Crippen molar-refractivity contribution in [3.63, 3.8) is 0 Å². The van der Waals surface area contributed by atoms with E-state index in [1.54, 1.807) is 23.1 Å². The molecule has 2 aliphatic heterocycles. The monoisotopic (exact) mass is 748 g/mol. The fourth-order valence-corrected chi connectivity index (χ4v) is 6.98. The predicted octanol–water partition coefficient (Wildman–Crippen LogP) is 7.35. The van der Waals surface area contributed by atoms with Gasteiger partial charge >= 0.3 is 6.36 Å². The Morgan fingerprint density at radius 2 is 1.63 bits per heavy atom. The molecule has 7 rings (SSSR count). The fraction of sp³-hybridized carbons (Fsp3) is 0.308. The minimum Gasteiger partial charge on any atom is -0.493 e. The molecule has 0 radical (unpaired) electrons. The molecule has 1 aromatic heterocycles. The lowest BCUT2D eigenvalue weighted by Gasteiger charge is -2.37. The maximum Gasteiger partial charge on any atom is 0.573 e. The van der Waals surface area contributed by atoms with E-state index in [0.717, 1.165) is 61.3 Å². The van der Waals surface area contributed by atoms with Crippen LogP contribution in [0.25, 0.3) is 0 Å². The van der Waals surface area contributed by atoms with Crippen LogP contribution in [-0.2, 0) is 16.9 Å². The first-order valence-corrected chi connectivity index (χ1v) is 17.3. The van der Waals surface area contributed by atoms with Crippen LogP contribution in [0.3, 0.4) is 0 Å². The summed E-state index contributed by atoms with van der Waals surface area (Å²) in [6.45, 7) is 5.90. The van der Waals surface area contributed by atoms with Gasteiger partial charge in [-0.25, -0.2) is 18.4 Å². The molecule has 0 spiro atoms. The molecule has 2 aliphatic rings. The third-order valence-corrected chi connectivity index (χ3v) is 9.53. The molecule has 1 N–H and O–H groups in total. The molecule has 2 saturated heterocycles. The Hall–Kier alpha value is -5.70. The number of hydrogen-bond acceptors (Lipinski definition) is 8. The summed E-state index contributed by atoms with van der Waals surface area (Å²) >= 11 is 0. The van der Waals surface area contributed by atoms with Gasteiger partial charge in [-0.05, 0) is 85.6 Å². The molecule has 0 unspecified atom stereocenters. The van der Waals surface area contributed by atoms with Crippen LogP contribution >= 0.6 is 0 Å². The maximum atomic E-state index is 15.1. The summed E-state index contributed by atoms with van der Waals surface area (Å²) in [7, 11) is 0. The number of nitrogens with zero attached hydrogens (tertiary/aromatic N) is 5. The highest BCUT2D eigenvalue weighted by molar-refractivity contribution is 6.04. The van der Waals surface area contributed by atoms with Gasteiger partial charge in [0.2, 0.25) is 0 Å². The largest absolute Gasteiger partial charge is 0.573 e. The van der Waals surface area contributed by atoms with Crippen LogP contribution < -0.4 is 24.6 Å². The van der Waals surface area contributed by atoms with E-state index in [1.807, 2.05) is 31.2 Å². The molecule has 15 heteroatoms. The minimum absolute atomic E-state index is 0.0590. The second-order valence-electron chi connectivity index (χ2n) is 13.5. The summed E-state index contributed by atoms with van der Waals surface area (Å²) in [5.41, 5.74) is 3.00. The molecule has 3 heterocycles. The van der Waals surface area contributed by atoms with Gasteiger partial charge in [0, 0.05) is 72.4 Å². The van der Waals surface area contributed by atoms with Crippen LogP contribution in [-0.4, -0.2) is 66.4 Å². The molecule has 5 aromatic rings. The Labute approximate surface area is 308 Å². The number of amides is 1. The van der Waals surface area contributed by atoms with Gasteiger partial charge in [0.1, 0.15) is 41.4 Å². The summed E-state index contributed by atoms with van der Waals surface area (Å²) < 4.78 is 84.1. The van der Waals surface area contributed by atoms with Crippen molar-refractivity contribution in [2.45, 2.75) is 31.9 Å². The van der Waals surface area contributed by atoms with Crippen LogP contribution in [0.15, 0.2) is 97.6 Å². The molecule has 2 fully saturated rings. The molecular weight excluding hydrogens is 711 g/mol. The zero-order chi connectivity index (χ0) is 37.9. The molecule has 0 saturated carbocycles. The highest BCUT2D eigenvalue weighted by atomic mass is 19.4. The van der Waals surface area contributed by atoms with Crippen molar-refractivity contribution in [2.24, 2.45) is 5.92 Å². The number of halogens is 5. The van der Waals surface area contributed by atoms with Gasteiger partial charge in [-0.1, -0.05) is 6.07 Å². The van der Waals surface area contributed by atoms with E-state index in [4.69, 9.17) is 9.47 Å². The number of hydrogen-bond donors (Lipinski definition) is 1. The zero-order valence-electron chi connectivity index (χ0n) is 29.2. The number of carbonyl (C=O) groups is 1. The van der Waals surface area contributed by atoms with Crippen molar-refractivity contribution in [1.82, 2.24) is 14.8 Å². The first-order chi connectivity index (χ1) is 25.9. The predicted molar refractivity (Wildman–Crippen MR) is 191 cm³/mol. The second-order valence-corrected chi connectivity index (χ2v) is 13.5. The minimum atomic E-state index is -4.79. The SMILES string of the molecule is Cc1cc(OC[C@@H]2CO[C@@](Cn3cncn3)(c3ccc(F)cc3F)C2)cc(N2CCN(c3ccc(C(=O)Nc4ccc(OC(F)(F)F)cc4)cc3)CC2)c1. The standard InChI is InChI=1S/C39H37F5N6O4/c1-26-16-32(19-34(17-26)52-21-27-20-38(53-22-27,23-50-25-45-24-46-50)35-11-4-29(40)18-36(35)41)49-14-12-48(13-15-49)31-7-2-28(3-8-31)37(51)47-30-5-9-33(10-6-30)54-39(42,43)44/h2-11,16-19,24-25,27H,12-15,20-23H2,1H3,(H,47,51)/t27-,38+/m1/s1. The van der Waals surface area contributed by atoms with Gasteiger partial charge in [0.25, 0.3) is 5.91 Å². The van der Waals surface area contributed by atoms with E-state index < -0.39 is 23.6 Å². The number of benzene rings is 4. The lowest BCUT2D eigenvalue weighted by atomic mass is 9.87. The van der Waals surface area contributed by atoms with E-state index in [9.17, 15) is 22.4 Å². The number of nitrogens with one attached hydrogen (secondary N) is 1. The smallest absolute Gasteiger partial charge is 0.493 e. The van der Waals surface area contributed by atoms with E-state index in [-0.39, 0.29) is 29.7 Å². The first kappa shape index (κ1) is 36.6. The molecule has 2 atom stereocenters. The van der Waals surface area contributed by atoms with Gasteiger partial charge in [-0.15, -0.1) is 13.2 Å². The van der Waals surface area contributed by atoms with Gasteiger partial charge < -0.3 is 29.3 Å². The second kappa shape index (κ2) is 15.3. The number of rotatable bonds is 11. The van der Waals surface area contributed by atoms with Crippen molar-refractivity contribution in [1.29, 1.82) is 0 Å². The van der Waals surface area contributed by atoms with Crippen LogP contribution in [0, 0.1) is 24.5 Å². The number of piperazine rings is 1. The third-order valence-electron chi connectivity index (χ3n) is 9.53.